The molecule has 3 aliphatic rings. The van der Waals surface area contributed by atoms with Crippen molar-refractivity contribution in [3.05, 3.63) is 35.5 Å². The summed E-state index contributed by atoms with van der Waals surface area (Å²) in [6.45, 7) is 5.38. The Kier molecular flexibility index (Phi) is 6.54. The van der Waals surface area contributed by atoms with E-state index in [0.717, 1.165) is 45.1 Å². The van der Waals surface area contributed by atoms with Crippen molar-refractivity contribution in [3.63, 3.8) is 0 Å². The van der Waals surface area contributed by atoms with Gasteiger partial charge in [-0.3, -0.25) is 4.79 Å². The van der Waals surface area contributed by atoms with Crippen molar-refractivity contribution in [3.8, 4) is 0 Å². The normalized spacial score (nSPS) is 30.6. The molecule has 1 aliphatic heterocycles. The zero-order valence-electron chi connectivity index (χ0n) is 20.8. The molecule has 5 atom stereocenters. The van der Waals surface area contributed by atoms with E-state index in [1.165, 1.54) is 34.9 Å². The number of likely N-dealkylation sites (N-methyl/N-ethyl adjacent to an activating group) is 1. The topological polar surface area (TPSA) is 46.5 Å². The highest BCUT2D eigenvalue weighted by Crippen LogP contribution is 2.45. The number of nitrogens with one attached hydrogen (secondary N) is 1. The van der Waals surface area contributed by atoms with Gasteiger partial charge in [-0.25, -0.2) is 0 Å². The van der Waals surface area contributed by atoms with Crippen molar-refractivity contribution < 1.29 is 9.53 Å². The van der Waals surface area contributed by atoms with Gasteiger partial charge >= 0.3 is 0 Å². The summed E-state index contributed by atoms with van der Waals surface area (Å²) in [4.78, 5) is 15.9. The minimum Gasteiger partial charge on any atom is -0.381 e. The monoisotopic (exact) mass is 451 g/mol. The van der Waals surface area contributed by atoms with E-state index in [9.17, 15) is 4.79 Å². The predicted octanol–water partition coefficient (Wildman–Crippen LogP) is 5.04. The minimum atomic E-state index is 0.0592. The SMILES string of the molecule is COC1CCCCC(NC(=O)[C@@H]2C[C@@H]3c4cccc5c4c(cn5C(C)C)C[C@H]3N(C)C2)CC1. The largest absolute Gasteiger partial charge is 0.381 e. The van der Waals surface area contributed by atoms with E-state index in [1.807, 2.05) is 7.11 Å². The lowest BCUT2D eigenvalue weighted by atomic mass is 9.72. The summed E-state index contributed by atoms with van der Waals surface area (Å²) in [6.07, 6.45) is 11.5. The van der Waals surface area contributed by atoms with Gasteiger partial charge in [-0.2, -0.15) is 0 Å². The molecule has 2 heterocycles. The van der Waals surface area contributed by atoms with Crippen LogP contribution in [0.25, 0.3) is 10.9 Å². The first-order valence-corrected chi connectivity index (χ1v) is 13.1. The third kappa shape index (κ3) is 4.35. The first-order chi connectivity index (χ1) is 16.0. The van der Waals surface area contributed by atoms with E-state index in [1.54, 1.807) is 0 Å². The van der Waals surface area contributed by atoms with Gasteiger partial charge in [0.05, 0.1) is 12.0 Å². The smallest absolute Gasteiger partial charge is 0.224 e. The van der Waals surface area contributed by atoms with E-state index < -0.39 is 0 Å². The van der Waals surface area contributed by atoms with E-state index in [-0.39, 0.29) is 11.8 Å². The minimum absolute atomic E-state index is 0.0592. The molecule has 5 heteroatoms. The number of carbonyl (C=O) groups is 1. The number of fused-ring (bicyclic) bond motifs is 2. The highest BCUT2D eigenvalue weighted by molar-refractivity contribution is 5.89. The van der Waals surface area contributed by atoms with Crippen LogP contribution < -0.4 is 5.32 Å². The van der Waals surface area contributed by atoms with Gasteiger partial charge in [-0.1, -0.05) is 25.0 Å². The second kappa shape index (κ2) is 9.42. The molecular formula is C28H41N3O2. The molecular weight excluding hydrogens is 410 g/mol. The fraction of sp³-hybridized carbons (Fsp3) is 0.679. The van der Waals surface area contributed by atoms with Gasteiger partial charge in [0.15, 0.2) is 0 Å². The third-order valence-electron chi connectivity index (χ3n) is 8.65. The molecule has 33 heavy (non-hydrogen) atoms. The van der Waals surface area contributed by atoms with Crippen molar-refractivity contribution in [2.24, 2.45) is 5.92 Å². The maximum Gasteiger partial charge on any atom is 0.224 e. The lowest BCUT2D eigenvalue weighted by Gasteiger charge is -2.45. The van der Waals surface area contributed by atoms with Crippen LogP contribution in [0, 0.1) is 5.92 Å². The molecule has 5 nitrogen and oxygen atoms in total. The van der Waals surface area contributed by atoms with Crippen molar-refractivity contribution in [2.75, 3.05) is 20.7 Å². The molecule has 0 radical (unpaired) electrons. The number of piperidine rings is 1. The van der Waals surface area contributed by atoms with Crippen LogP contribution in [0.15, 0.2) is 24.4 Å². The van der Waals surface area contributed by atoms with Crippen molar-refractivity contribution in [1.82, 2.24) is 14.8 Å². The fourth-order valence-electron chi connectivity index (χ4n) is 6.83. The van der Waals surface area contributed by atoms with Gasteiger partial charge in [0.1, 0.15) is 0 Å². The summed E-state index contributed by atoms with van der Waals surface area (Å²) in [5.41, 5.74) is 4.29. The van der Waals surface area contributed by atoms with Crippen LogP contribution >= 0.6 is 0 Å². The molecule has 2 aliphatic carbocycles. The number of carbonyl (C=O) groups excluding carboxylic acids is 1. The van der Waals surface area contributed by atoms with Gasteiger partial charge in [0.25, 0.3) is 0 Å². The predicted molar refractivity (Wildman–Crippen MR) is 134 cm³/mol. The second-order valence-electron chi connectivity index (χ2n) is 11.1. The maximum atomic E-state index is 13.4. The van der Waals surface area contributed by atoms with Gasteiger partial charge in [-0.15, -0.1) is 0 Å². The molecule has 1 aromatic carbocycles. The highest BCUT2D eigenvalue weighted by atomic mass is 16.5. The summed E-state index contributed by atoms with van der Waals surface area (Å²) >= 11 is 0. The molecule has 5 rings (SSSR count). The number of hydrogen-bond acceptors (Lipinski definition) is 3. The molecule has 1 saturated carbocycles. The Hall–Kier alpha value is -1.85. The number of ether oxygens (including phenoxy) is 1. The molecule has 0 bridgehead atoms. The summed E-state index contributed by atoms with van der Waals surface area (Å²) in [5.74, 6) is 0.746. The van der Waals surface area contributed by atoms with Gasteiger partial charge in [0, 0.05) is 54.8 Å². The van der Waals surface area contributed by atoms with Crippen LogP contribution in [-0.4, -0.2) is 54.3 Å². The van der Waals surface area contributed by atoms with Gasteiger partial charge < -0.3 is 19.5 Å². The number of likely N-dealkylation sites (tertiary alicyclic amines) is 1. The van der Waals surface area contributed by atoms with Crippen LogP contribution in [0.2, 0.25) is 0 Å². The number of hydrogen-bond donors (Lipinski definition) is 1. The van der Waals surface area contributed by atoms with Crippen LogP contribution in [0.4, 0.5) is 0 Å². The Balaban J connectivity index is 1.34. The summed E-state index contributed by atoms with van der Waals surface area (Å²) < 4.78 is 8.05. The average molecular weight is 452 g/mol. The maximum absolute atomic E-state index is 13.4. The molecule has 1 saturated heterocycles. The zero-order chi connectivity index (χ0) is 23.1. The molecule has 2 aromatic rings. The average Bonchev–Trinajstić information content (AvgIpc) is 3.16. The molecule has 2 fully saturated rings. The third-order valence-corrected chi connectivity index (χ3v) is 8.65. The summed E-state index contributed by atoms with van der Waals surface area (Å²) in [7, 11) is 4.04. The number of benzene rings is 1. The lowest BCUT2D eigenvalue weighted by Crippen LogP contribution is -2.52. The quantitative estimate of drug-likeness (QED) is 0.709. The van der Waals surface area contributed by atoms with Crippen LogP contribution in [0.3, 0.4) is 0 Å². The van der Waals surface area contributed by atoms with Gasteiger partial charge in [-0.05, 0) is 76.6 Å². The molecule has 2 unspecified atom stereocenters. The van der Waals surface area contributed by atoms with E-state index in [0.29, 0.717) is 30.1 Å². The molecule has 0 spiro atoms. The summed E-state index contributed by atoms with van der Waals surface area (Å²) in [5, 5.41) is 4.91. The Morgan fingerprint density at radius 1 is 1.15 bits per heavy atom. The second-order valence-corrected chi connectivity index (χ2v) is 11.1. The van der Waals surface area contributed by atoms with Crippen molar-refractivity contribution in [2.45, 2.75) is 95.4 Å². The van der Waals surface area contributed by atoms with Crippen LogP contribution in [-0.2, 0) is 16.0 Å². The first-order valence-electron chi connectivity index (χ1n) is 13.1. The van der Waals surface area contributed by atoms with E-state index in [2.05, 4.69) is 60.1 Å². The number of amides is 1. The Morgan fingerprint density at radius 3 is 2.76 bits per heavy atom. The number of methoxy groups -OCH3 is 1. The van der Waals surface area contributed by atoms with E-state index >= 15 is 0 Å². The zero-order valence-corrected chi connectivity index (χ0v) is 20.8. The highest BCUT2D eigenvalue weighted by Gasteiger charge is 2.42. The Bertz CT molecular complexity index is 996. The number of nitrogens with zero attached hydrogens (tertiary/aromatic N) is 2. The lowest BCUT2D eigenvalue weighted by molar-refractivity contribution is -0.128. The molecule has 1 amide bonds. The number of aromatic nitrogens is 1. The first kappa shape index (κ1) is 22.9. The Labute approximate surface area is 198 Å². The standard InChI is InChI=1S/C28H41N3O2/c1-18(2)31-17-19-15-26-24(23-10-7-11-25(31)27(19)23)14-20(16-30(26)3)28(32)29-21-8-5-6-9-22(33-4)13-12-21/h7,10-11,17-18,20-22,24,26H,5-6,8-9,12-16H2,1-4H3,(H,29,32)/t20-,21?,22?,24-,26-/m1/s1. The number of rotatable bonds is 4. The van der Waals surface area contributed by atoms with Crippen LogP contribution in [0.1, 0.15) is 81.9 Å². The van der Waals surface area contributed by atoms with Crippen molar-refractivity contribution in [1.29, 1.82) is 0 Å². The molecule has 1 aromatic heterocycles. The van der Waals surface area contributed by atoms with Crippen molar-refractivity contribution >= 4 is 16.8 Å². The van der Waals surface area contributed by atoms with Gasteiger partial charge in [0.2, 0.25) is 5.91 Å². The molecule has 1 N–H and O–H groups in total. The summed E-state index contributed by atoms with van der Waals surface area (Å²) in [6, 6.07) is 8.03. The Morgan fingerprint density at radius 2 is 1.97 bits per heavy atom. The van der Waals surface area contributed by atoms with Crippen LogP contribution in [0.5, 0.6) is 0 Å². The van der Waals surface area contributed by atoms with E-state index in [4.69, 9.17) is 4.74 Å². The fourth-order valence-corrected chi connectivity index (χ4v) is 6.83. The molecule has 180 valence electrons.